The molecule has 0 saturated heterocycles. The van der Waals surface area contributed by atoms with E-state index < -0.39 is 11.7 Å². The van der Waals surface area contributed by atoms with Crippen molar-refractivity contribution in [3.63, 3.8) is 0 Å². The second kappa shape index (κ2) is 9.35. The molecule has 7 nitrogen and oxygen atoms in total. The fraction of sp³-hybridized carbons (Fsp3) is 0.0800. The fourth-order valence-electron chi connectivity index (χ4n) is 3.62. The standard InChI is InChI=1S/C25H22FN5O2/c1-28-21-9-8-20(12-17(21)14-27)29-22-7-2-4-16-10-11-31(25(33)24(16)22)15-23(32)30-19-6-3-5-18(26)13-19/h2-14,27-29H,15H2,1H3,(H,30,32). The molecular weight excluding hydrogens is 421 g/mol. The maximum atomic E-state index is 13.4. The Kier molecular flexibility index (Phi) is 6.17. The molecule has 4 rings (SSSR count). The minimum absolute atomic E-state index is 0.214. The number of pyridine rings is 1. The molecule has 0 radical (unpaired) electrons. The molecule has 4 N–H and O–H groups in total. The van der Waals surface area contributed by atoms with Crippen molar-refractivity contribution in [2.24, 2.45) is 0 Å². The Morgan fingerprint density at radius 3 is 2.61 bits per heavy atom. The first-order valence-electron chi connectivity index (χ1n) is 10.3. The Morgan fingerprint density at radius 2 is 1.85 bits per heavy atom. The summed E-state index contributed by atoms with van der Waals surface area (Å²) in [5.74, 6) is -0.897. The Bertz CT molecular complexity index is 1410. The molecule has 166 valence electrons. The molecule has 1 heterocycles. The van der Waals surface area contributed by atoms with Crippen LogP contribution >= 0.6 is 0 Å². The van der Waals surface area contributed by atoms with Gasteiger partial charge in [-0.15, -0.1) is 0 Å². The van der Waals surface area contributed by atoms with Crippen molar-refractivity contribution in [3.8, 4) is 0 Å². The number of carbonyl (C=O) groups is 1. The van der Waals surface area contributed by atoms with Gasteiger partial charge in [-0.2, -0.15) is 0 Å². The van der Waals surface area contributed by atoms with Gasteiger partial charge in [-0.1, -0.05) is 18.2 Å². The van der Waals surface area contributed by atoms with Crippen LogP contribution in [0, 0.1) is 11.2 Å². The quantitative estimate of drug-likeness (QED) is 0.315. The summed E-state index contributed by atoms with van der Waals surface area (Å²) in [6.07, 6.45) is 2.82. The van der Waals surface area contributed by atoms with Crippen LogP contribution in [0.2, 0.25) is 0 Å². The highest BCUT2D eigenvalue weighted by molar-refractivity contribution is 5.96. The molecule has 3 aromatic carbocycles. The largest absolute Gasteiger partial charge is 0.388 e. The number of hydrogen-bond donors (Lipinski definition) is 4. The maximum absolute atomic E-state index is 13.4. The van der Waals surface area contributed by atoms with Gasteiger partial charge in [0.2, 0.25) is 5.91 Å². The third-order valence-corrected chi connectivity index (χ3v) is 5.18. The summed E-state index contributed by atoms with van der Waals surface area (Å²) < 4.78 is 14.7. The van der Waals surface area contributed by atoms with Gasteiger partial charge in [0, 0.05) is 42.1 Å². The van der Waals surface area contributed by atoms with Gasteiger partial charge in [-0.3, -0.25) is 9.59 Å². The third kappa shape index (κ3) is 4.74. The van der Waals surface area contributed by atoms with Crippen LogP contribution in [0.3, 0.4) is 0 Å². The average molecular weight is 443 g/mol. The summed E-state index contributed by atoms with van der Waals surface area (Å²) >= 11 is 0. The van der Waals surface area contributed by atoms with Gasteiger partial charge in [0.15, 0.2) is 0 Å². The summed E-state index contributed by atoms with van der Waals surface area (Å²) in [4.78, 5) is 25.7. The van der Waals surface area contributed by atoms with Crippen molar-refractivity contribution in [2.45, 2.75) is 6.54 Å². The zero-order valence-electron chi connectivity index (χ0n) is 17.9. The van der Waals surface area contributed by atoms with Crippen molar-refractivity contribution in [1.29, 1.82) is 5.41 Å². The molecule has 1 aromatic heterocycles. The van der Waals surface area contributed by atoms with Crippen molar-refractivity contribution >= 4 is 45.6 Å². The molecule has 33 heavy (non-hydrogen) atoms. The number of halogens is 1. The molecule has 0 bridgehead atoms. The second-order valence-electron chi connectivity index (χ2n) is 7.40. The van der Waals surface area contributed by atoms with Gasteiger partial charge in [0.1, 0.15) is 12.4 Å². The molecule has 1 amide bonds. The van der Waals surface area contributed by atoms with Crippen LogP contribution in [0.15, 0.2) is 77.7 Å². The van der Waals surface area contributed by atoms with E-state index in [1.54, 1.807) is 31.4 Å². The number of nitrogens with one attached hydrogen (secondary N) is 4. The van der Waals surface area contributed by atoms with Gasteiger partial charge in [0.25, 0.3) is 5.56 Å². The smallest absolute Gasteiger partial charge is 0.261 e. The molecule has 0 aliphatic carbocycles. The lowest BCUT2D eigenvalue weighted by molar-refractivity contribution is -0.116. The highest BCUT2D eigenvalue weighted by Crippen LogP contribution is 2.26. The number of rotatable bonds is 7. The van der Waals surface area contributed by atoms with Gasteiger partial charge < -0.3 is 25.9 Å². The van der Waals surface area contributed by atoms with Crippen LogP contribution in [0.25, 0.3) is 10.8 Å². The Morgan fingerprint density at radius 1 is 1.03 bits per heavy atom. The number of anilines is 4. The molecule has 0 unspecified atom stereocenters. The number of fused-ring (bicyclic) bond motifs is 1. The summed E-state index contributed by atoms with van der Waals surface area (Å²) in [6.45, 7) is -0.214. The summed E-state index contributed by atoms with van der Waals surface area (Å²) in [5, 5.41) is 17.7. The number of hydrogen-bond acceptors (Lipinski definition) is 5. The first-order valence-corrected chi connectivity index (χ1v) is 10.3. The van der Waals surface area contributed by atoms with E-state index in [-0.39, 0.29) is 12.1 Å². The van der Waals surface area contributed by atoms with E-state index in [9.17, 15) is 14.0 Å². The lowest BCUT2D eigenvalue weighted by atomic mass is 10.1. The van der Waals surface area contributed by atoms with Crippen molar-refractivity contribution in [2.75, 3.05) is 23.0 Å². The summed E-state index contributed by atoms with van der Waals surface area (Å²) in [6, 6.07) is 18.3. The van der Waals surface area contributed by atoms with E-state index in [0.717, 1.165) is 16.8 Å². The predicted molar refractivity (Wildman–Crippen MR) is 130 cm³/mol. The summed E-state index contributed by atoms with van der Waals surface area (Å²) in [5.41, 5.74) is 2.82. The molecule has 0 spiro atoms. The number of carbonyl (C=O) groups excluding carboxylic acids is 1. The molecule has 0 aliphatic rings. The lowest BCUT2D eigenvalue weighted by Crippen LogP contribution is -2.27. The Hall–Kier alpha value is -4.46. The number of aromatic nitrogens is 1. The van der Waals surface area contributed by atoms with Gasteiger partial charge in [-0.05, 0) is 53.9 Å². The molecule has 0 aliphatic heterocycles. The fourth-order valence-corrected chi connectivity index (χ4v) is 3.62. The van der Waals surface area contributed by atoms with Crippen molar-refractivity contribution < 1.29 is 9.18 Å². The van der Waals surface area contributed by atoms with Crippen LogP contribution in [-0.2, 0) is 11.3 Å². The van der Waals surface area contributed by atoms with E-state index in [1.807, 2.05) is 30.3 Å². The van der Waals surface area contributed by atoms with E-state index in [4.69, 9.17) is 5.41 Å². The van der Waals surface area contributed by atoms with Crippen LogP contribution in [0.5, 0.6) is 0 Å². The number of nitrogens with zero attached hydrogens (tertiary/aromatic N) is 1. The molecule has 4 aromatic rings. The molecule has 0 fully saturated rings. The Balaban J connectivity index is 1.64. The van der Waals surface area contributed by atoms with Crippen LogP contribution in [0.1, 0.15) is 5.56 Å². The number of amides is 1. The van der Waals surface area contributed by atoms with E-state index in [0.29, 0.717) is 22.3 Å². The highest BCUT2D eigenvalue weighted by atomic mass is 19.1. The molecule has 8 heteroatoms. The number of benzene rings is 3. The van der Waals surface area contributed by atoms with Crippen LogP contribution in [0.4, 0.5) is 27.1 Å². The first-order chi connectivity index (χ1) is 16.0. The van der Waals surface area contributed by atoms with Gasteiger partial charge in [0.05, 0.1) is 11.1 Å². The van der Waals surface area contributed by atoms with Crippen molar-refractivity contribution in [3.05, 3.63) is 94.7 Å². The van der Waals surface area contributed by atoms with E-state index in [1.165, 1.54) is 29.0 Å². The van der Waals surface area contributed by atoms with Crippen LogP contribution < -0.4 is 21.5 Å². The zero-order valence-corrected chi connectivity index (χ0v) is 17.9. The Labute approximate surface area is 189 Å². The van der Waals surface area contributed by atoms with Gasteiger partial charge in [-0.25, -0.2) is 4.39 Å². The van der Waals surface area contributed by atoms with Crippen LogP contribution in [-0.4, -0.2) is 23.7 Å². The maximum Gasteiger partial charge on any atom is 0.261 e. The predicted octanol–water partition coefficient (Wildman–Crippen LogP) is 4.56. The molecular formula is C25H22FN5O2. The lowest BCUT2D eigenvalue weighted by Gasteiger charge is -2.14. The van der Waals surface area contributed by atoms with E-state index >= 15 is 0 Å². The second-order valence-corrected chi connectivity index (χ2v) is 7.40. The molecule has 0 saturated carbocycles. The zero-order chi connectivity index (χ0) is 23.4. The minimum atomic E-state index is -0.458. The monoisotopic (exact) mass is 443 g/mol. The third-order valence-electron chi connectivity index (χ3n) is 5.18. The first kappa shape index (κ1) is 21.8. The normalized spacial score (nSPS) is 10.6. The van der Waals surface area contributed by atoms with E-state index in [2.05, 4.69) is 16.0 Å². The highest BCUT2D eigenvalue weighted by Gasteiger charge is 2.12. The van der Waals surface area contributed by atoms with Crippen molar-refractivity contribution in [1.82, 2.24) is 4.57 Å². The van der Waals surface area contributed by atoms with Gasteiger partial charge >= 0.3 is 0 Å². The minimum Gasteiger partial charge on any atom is -0.388 e. The summed E-state index contributed by atoms with van der Waals surface area (Å²) in [7, 11) is 1.78. The SMILES string of the molecule is CNc1ccc(Nc2cccc3ccn(CC(=O)Nc4cccc(F)c4)c(=O)c23)cc1C=N. The average Bonchev–Trinajstić information content (AvgIpc) is 2.81. The molecule has 0 atom stereocenters. The topological polar surface area (TPSA) is 99.0 Å².